The summed E-state index contributed by atoms with van der Waals surface area (Å²) in [5, 5.41) is 12.8. The largest absolute Gasteiger partial charge is 0.458 e. The number of esters is 1. The van der Waals surface area contributed by atoms with Crippen molar-refractivity contribution in [1.82, 2.24) is 5.32 Å². The Balaban J connectivity index is 3.04. The van der Waals surface area contributed by atoms with E-state index in [2.05, 4.69) is 5.32 Å². The Kier molecular flexibility index (Phi) is 8.55. The number of nitrogens with one attached hydrogen (secondary N) is 1. The highest BCUT2D eigenvalue weighted by molar-refractivity contribution is 7.88. The number of carbonyl (C=O) groups excluding carboxylic acids is 2. The minimum atomic E-state index is -5.35. The zero-order valence-electron chi connectivity index (χ0n) is 16.2. The Hall–Kier alpha value is -2.01. The van der Waals surface area contributed by atoms with E-state index in [0.717, 1.165) is 0 Å². The standard InChI is InChI=1S/C18H28N2O7S/c1-4-15(20-16(21)14(19)10-12(2)3)18(23,28(24,25)26)17(22)27-11-13-8-6-5-7-9-13/h5-9,12,14-15,23H,4,10-11,19H2,1-3H3,(H,20,21)(H,24,25,26)/t14-,15?,18?/m0/s1. The van der Waals surface area contributed by atoms with Gasteiger partial charge < -0.3 is 20.9 Å². The average Bonchev–Trinajstić information content (AvgIpc) is 2.62. The maximum atomic E-state index is 12.4. The molecule has 1 aromatic rings. The van der Waals surface area contributed by atoms with Crippen molar-refractivity contribution < 1.29 is 32.4 Å². The fourth-order valence-electron chi connectivity index (χ4n) is 2.62. The second kappa shape index (κ2) is 9.97. The molecule has 9 nitrogen and oxygen atoms in total. The van der Waals surface area contributed by atoms with Crippen molar-refractivity contribution in [2.45, 2.75) is 57.2 Å². The van der Waals surface area contributed by atoms with E-state index >= 15 is 0 Å². The number of ether oxygens (including phenoxy) is 1. The summed E-state index contributed by atoms with van der Waals surface area (Å²) in [4.78, 5) is 21.3. The van der Waals surface area contributed by atoms with Gasteiger partial charge in [-0.2, -0.15) is 8.42 Å². The van der Waals surface area contributed by atoms with E-state index in [4.69, 9.17) is 10.5 Å². The average molecular weight is 416 g/mol. The summed E-state index contributed by atoms with van der Waals surface area (Å²) in [6.45, 7) is 4.80. The van der Waals surface area contributed by atoms with Crippen LogP contribution >= 0.6 is 0 Å². The topological polar surface area (TPSA) is 156 Å². The number of amides is 1. The van der Waals surface area contributed by atoms with E-state index in [1.54, 1.807) is 30.3 Å². The number of nitrogens with two attached hydrogens (primary N) is 1. The molecule has 2 unspecified atom stereocenters. The number of benzene rings is 1. The quantitative estimate of drug-likeness (QED) is 0.319. The summed E-state index contributed by atoms with van der Waals surface area (Å²) in [5.41, 5.74) is 6.31. The van der Waals surface area contributed by atoms with Crippen molar-refractivity contribution in [2.75, 3.05) is 0 Å². The first kappa shape index (κ1) is 24.0. The summed E-state index contributed by atoms with van der Waals surface area (Å²) in [5.74, 6) is -2.25. The minimum absolute atomic E-state index is 0.0946. The van der Waals surface area contributed by atoms with Gasteiger partial charge in [0.25, 0.3) is 0 Å². The molecular formula is C18H28N2O7S. The molecular weight excluding hydrogens is 388 g/mol. The molecule has 0 aliphatic heterocycles. The number of carbonyl (C=O) groups is 2. The first-order valence-electron chi connectivity index (χ1n) is 8.89. The predicted molar refractivity (Wildman–Crippen MR) is 102 cm³/mol. The van der Waals surface area contributed by atoms with Crippen LogP contribution in [0, 0.1) is 5.92 Å². The molecule has 0 fully saturated rings. The molecule has 3 atom stereocenters. The number of hydrogen-bond acceptors (Lipinski definition) is 7. The zero-order chi connectivity index (χ0) is 21.5. The van der Waals surface area contributed by atoms with Gasteiger partial charge in [0.1, 0.15) is 6.61 Å². The SMILES string of the molecule is CCC(NC(=O)[C@@H](N)CC(C)C)C(O)(C(=O)OCc1ccccc1)S(=O)(=O)O. The molecule has 1 amide bonds. The molecule has 10 heteroatoms. The minimum Gasteiger partial charge on any atom is -0.458 e. The Morgan fingerprint density at radius 3 is 2.29 bits per heavy atom. The molecule has 0 aliphatic rings. The van der Waals surface area contributed by atoms with E-state index in [9.17, 15) is 27.7 Å². The maximum absolute atomic E-state index is 12.4. The van der Waals surface area contributed by atoms with Crippen molar-refractivity contribution in [3.8, 4) is 0 Å². The molecule has 28 heavy (non-hydrogen) atoms. The highest BCUT2D eigenvalue weighted by atomic mass is 32.2. The molecule has 0 radical (unpaired) electrons. The number of hydrogen-bond donors (Lipinski definition) is 4. The highest BCUT2D eigenvalue weighted by Gasteiger charge is 2.57. The van der Waals surface area contributed by atoms with Crippen LogP contribution in [0.15, 0.2) is 30.3 Å². The van der Waals surface area contributed by atoms with Gasteiger partial charge in [0.15, 0.2) is 0 Å². The van der Waals surface area contributed by atoms with Gasteiger partial charge in [-0.25, -0.2) is 4.79 Å². The van der Waals surface area contributed by atoms with Gasteiger partial charge in [-0.05, 0) is 24.3 Å². The van der Waals surface area contributed by atoms with Crippen LogP contribution in [0.4, 0.5) is 0 Å². The lowest BCUT2D eigenvalue weighted by atomic mass is 10.0. The molecule has 0 bridgehead atoms. The monoisotopic (exact) mass is 416 g/mol. The first-order valence-corrected chi connectivity index (χ1v) is 10.3. The lowest BCUT2D eigenvalue weighted by Gasteiger charge is -2.32. The highest BCUT2D eigenvalue weighted by Crippen LogP contribution is 2.23. The first-order chi connectivity index (χ1) is 12.9. The second-order valence-corrected chi connectivity index (χ2v) is 8.51. The summed E-state index contributed by atoms with van der Waals surface area (Å²) in [6, 6.07) is 5.74. The van der Waals surface area contributed by atoms with Crippen LogP contribution < -0.4 is 11.1 Å². The predicted octanol–water partition coefficient (Wildman–Crippen LogP) is 0.574. The Morgan fingerprint density at radius 1 is 1.25 bits per heavy atom. The van der Waals surface area contributed by atoms with Crippen molar-refractivity contribution in [2.24, 2.45) is 11.7 Å². The van der Waals surface area contributed by atoms with Gasteiger partial charge in [-0.3, -0.25) is 9.35 Å². The van der Waals surface area contributed by atoms with E-state index in [1.165, 1.54) is 6.92 Å². The van der Waals surface area contributed by atoms with Crippen LogP contribution in [0.5, 0.6) is 0 Å². The normalized spacial score (nSPS) is 16.1. The molecule has 158 valence electrons. The molecule has 0 saturated heterocycles. The molecule has 0 aliphatic carbocycles. The van der Waals surface area contributed by atoms with Gasteiger partial charge in [-0.15, -0.1) is 0 Å². The van der Waals surface area contributed by atoms with Gasteiger partial charge in [0.2, 0.25) is 5.91 Å². The lowest BCUT2D eigenvalue weighted by Crippen LogP contribution is -2.63. The van der Waals surface area contributed by atoms with E-state index in [-0.39, 0.29) is 18.9 Å². The smallest absolute Gasteiger partial charge is 0.359 e. The summed E-state index contributed by atoms with van der Waals surface area (Å²) in [6.07, 6.45) is 0.127. The van der Waals surface area contributed by atoms with Crippen molar-refractivity contribution in [3.63, 3.8) is 0 Å². The lowest BCUT2D eigenvalue weighted by molar-refractivity contribution is -0.161. The van der Waals surface area contributed by atoms with Crippen molar-refractivity contribution in [1.29, 1.82) is 0 Å². The van der Waals surface area contributed by atoms with Gasteiger partial charge in [0, 0.05) is 0 Å². The van der Waals surface area contributed by atoms with Crippen LogP contribution in [0.1, 0.15) is 39.2 Å². The fourth-order valence-corrected chi connectivity index (χ4v) is 3.48. The van der Waals surface area contributed by atoms with Crippen molar-refractivity contribution in [3.05, 3.63) is 35.9 Å². The maximum Gasteiger partial charge on any atom is 0.359 e. The second-order valence-electron chi connectivity index (χ2n) is 6.94. The third-order valence-corrected chi connectivity index (χ3v) is 5.40. The van der Waals surface area contributed by atoms with Crippen LogP contribution in [0.25, 0.3) is 0 Å². The number of rotatable bonds is 10. The van der Waals surface area contributed by atoms with Crippen molar-refractivity contribution >= 4 is 22.0 Å². The molecule has 0 heterocycles. The van der Waals surface area contributed by atoms with E-state index in [1.807, 2.05) is 13.8 Å². The summed E-state index contributed by atoms with van der Waals surface area (Å²) in [7, 11) is -5.35. The summed E-state index contributed by atoms with van der Waals surface area (Å²) < 4.78 is 38.2. The molecule has 1 rings (SSSR count). The molecule has 1 aromatic carbocycles. The Labute approximate surface area is 165 Å². The van der Waals surface area contributed by atoms with Crippen LogP contribution in [0.2, 0.25) is 0 Å². The molecule has 0 spiro atoms. The zero-order valence-corrected chi connectivity index (χ0v) is 17.0. The van der Waals surface area contributed by atoms with Crippen LogP contribution in [0.3, 0.4) is 0 Å². The van der Waals surface area contributed by atoms with E-state index in [0.29, 0.717) is 12.0 Å². The third kappa shape index (κ3) is 5.99. The third-order valence-electron chi connectivity index (χ3n) is 4.16. The number of aliphatic hydroxyl groups is 1. The van der Waals surface area contributed by atoms with Crippen LogP contribution in [-0.2, 0) is 31.1 Å². The van der Waals surface area contributed by atoms with Crippen LogP contribution in [-0.4, -0.2) is 47.0 Å². The Morgan fingerprint density at radius 2 is 1.82 bits per heavy atom. The van der Waals surface area contributed by atoms with E-state index < -0.39 is 39.0 Å². The van der Waals surface area contributed by atoms with Gasteiger partial charge in [0.05, 0.1) is 12.1 Å². The van der Waals surface area contributed by atoms with Gasteiger partial charge in [-0.1, -0.05) is 51.1 Å². The molecule has 0 aromatic heterocycles. The molecule has 5 N–H and O–H groups in total. The molecule has 0 saturated carbocycles. The summed E-state index contributed by atoms with van der Waals surface area (Å²) >= 11 is 0. The van der Waals surface area contributed by atoms with Gasteiger partial charge >= 0.3 is 21.0 Å². The Bertz CT molecular complexity index is 767. The fraction of sp³-hybridized carbons (Fsp3) is 0.556.